The molecule has 0 fully saturated rings. The van der Waals surface area contributed by atoms with E-state index >= 15 is 0 Å². The van der Waals surface area contributed by atoms with Crippen LogP contribution in [0, 0.1) is 6.92 Å². The van der Waals surface area contributed by atoms with Gasteiger partial charge in [-0.15, -0.1) is 0 Å². The minimum absolute atomic E-state index is 0.220. The Bertz CT molecular complexity index is 1130. The quantitative estimate of drug-likeness (QED) is 0.401. The predicted octanol–water partition coefficient (Wildman–Crippen LogP) is 4.76. The zero-order valence-corrected chi connectivity index (χ0v) is 15.7. The SMILES string of the molecule is Cc1c(/C=N/NC(=O)c2ccccc2)c2ccccc2n1Cc1ccccc1. The van der Waals surface area contributed by atoms with E-state index in [2.05, 4.69) is 58.4 Å². The van der Waals surface area contributed by atoms with Crippen molar-refractivity contribution in [1.29, 1.82) is 0 Å². The van der Waals surface area contributed by atoms with Crippen LogP contribution in [0.1, 0.15) is 27.2 Å². The summed E-state index contributed by atoms with van der Waals surface area (Å²) in [7, 11) is 0. The number of fused-ring (bicyclic) bond motifs is 1. The molecular weight excluding hydrogens is 346 g/mol. The van der Waals surface area contributed by atoms with E-state index in [9.17, 15) is 4.79 Å². The van der Waals surface area contributed by atoms with E-state index in [1.54, 1.807) is 18.3 Å². The maximum absolute atomic E-state index is 12.2. The minimum atomic E-state index is -0.220. The molecule has 1 aromatic heterocycles. The number of nitrogens with one attached hydrogen (secondary N) is 1. The van der Waals surface area contributed by atoms with Crippen LogP contribution in [0.3, 0.4) is 0 Å². The number of hydrazone groups is 1. The van der Waals surface area contributed by atoms with Gasteiger partial charge in [0.05, 0.1) is 6.21 Å². The summed E-state index contributed by atoms with van der Waals surface area (Å²) in [6.07, 6.45) is 1.74. The summed E-state index contributed by atoms with van der Waals surface area (Å²) in [5, 5.41) is 5.33. The Hall–Kier alpha value is -3.66. The van der Waals surface area contributed by atoms with Crippen LogP contribution in [-0.4, -0.2) is 16.7 Å². The van der Waals surface area contributed by atoms with Crippen LogP contribution in [0.15, 0.2) is 90.0 Å². The Balaban J connectivity index is 1.64. The number of rotatable bonds is 5. The number of carbonyl (C=O) groups is 1. The number of benzene rings is 3. The molecule has 0 atom stereocenters. The van der Waals surface area contributed by atoms with Gasteiger partial charge in [0.1, 0.15) is 0 Å². The first-order valence-corrected chi connectivity index (χ1v) is 9.24. The third kappa shape index (κ3) is 3.58. The lowest BCUT2D eigenvalue weighted by molar-refractivity contribution is 0.0955. The third-order valence-electron chi connectivity index (χ3n) is 4.86. The zero-order valence-electron chi connectivity index (χ0n) is 15.7. The molecule has 0 saturated heterocycles. The minimum Gasteiger partial charge on any atom is -0.340 e. The number of hydrogen-bond acceptors (Lipinski definition) is 2. The van der Waals surface area contributed by atoms with Gasteiger partial charge in [-0.2, -0.15) is 5.10 Å². The Kier molecular flexibility index (Phi) is 5.02. The van der Waals surface area contributed by atoms with Crippen LogP contribution in [0.5, 0.6) is 0 Å². The molecule has 138 valence electrons. The summed E-state index contributed by atoms with van der Waals surface area (Å²) < 4.78 is 2.28. The van der Waals surface area contributed by atoms with Crippen molar-refractivity contribution in [1.82, 2.24) is 9.99 Å². The van der Waals surface area contributed by atoms with Gasteiger partial charge >= 0.3 is 0 Å². The van der Waals surface area contributed by atoms with Crippen molar-refractivity contribution < 1.29 is 4.79 Å². The number of aromatic nitrogens is 1. The maximum atomic E-state index is 12.2. The Morgan fingerprint density at radius 2 is 1.57 bits per heavy atom. The highest BCUT2D eigenvalue weighted by Gasteiger charge is 2.12. The average molecular weight is 367 g/mol. The van der Waals surface area contributed by atoms with Crippen LogP contribution in [-0.2, 0) is 6.54 Å². The highest BCUT2D eigenvalue weighted by atomic mass is 16.2. The maximum Gasteiger partial charge on any atom is 0.271 e. The van der Waals surface area contributed by atoms with E-state index in [1.165, 1.54) is 5.56 Å². The molecule has 0 saturated carbocycles. The Morgan fingerprint density at radius 3 is 2.32 bits per heavy atom. The van der Waals surface area contributed by atoms with E-state index in [1.807, 2.05) is 36.4 Å². The summed E-state index contributed by atoms with van der Waals surface area (Å²) in [6.45, 7) is 2.88. The Labute approximate surface area is 164 Å². The first kappa shape index (κ1) is 17.7. The van der Waals surface area contributed by atoms with Gasteiger partial charge in [-0.1, -0.05) is 66.7 Å². The molecule has 4 rings (SSSR count). The second-order valence-electron chi connectivity index (χ2n) is 6.65. The molecule has 4 nitrogen and oxygen atoms in total. The van der Waals surface area contributed by atoms with Gasteiger partial charge in [0.25, 0.3) is 5.91 Å². The van der Waals surface area contributed by atoms with Crippen molar-refractivity contribution in [2.75, 3.05) is 0 Å². The molecule has 3 aromatic carbocycles. The largest absolute Gasteiger partial charge is 0.340 e. The fourth-order valence-corrected chi connectivity index (χ4v) is 3.40. The van der Waals surface area contributed by atoms with Gasteiger partial charge < -0.3 is 4.57 Å². The van der Waals surface area contributed by atoms with Crippen molar-refractivity contribution in [3.8, 4) is 0 Å². The molecule has 4 heteroatoms. The van der Waals surface area contributed by atoms with Crippen LogP contribution in [0.4, 0.5) is 0 Å². The van der Waals surface area contributed by atoms with Crippen LogP contribution in [0.2, 0.25) is 0 Å². The third-order valence-corrected chi connectivity index (χ3v) is 4.86. The summed E-state index contributed by atoms with van der Waals surface area (Å²) in [4.78, 5) is 12.2. The van der Waals surface area contributed by atoms with E-state index in [0.717, 1.165) is 28.7 Å². The first-order valence-electron chi connectivity index (χ1n) is 9.24. The highest BCUT2D eigenvalue weighted by Crippen LogP contribution is 2.25. The lowest BCUT2D eigenvalue weighted by atomic mass is 10.1. The fraction of sp³-hybridized carbons (Fsp3) is 0.0833. The molecule has 1 N–H and O–H groups in total. The van der Waals surface area contributed by atoms with Crippen molar-refractivity contribution in [2.24, 2.45) is 5.10 Å². The zero-order chi connectivity index (χ0) is 19.3. The summed E-state index contributed by atoms with van der Waals surface area (Å²) in [5.74, 6) is -0.220. The molecule has 4 aromatic rings. The van der Waals surface area contributed by atoms with Crippen molar-refractivity contribution in [3.05, 3.63) is 107 Å². The smallest absolute Gasteiger partial charge is 0.271 e. The van der Waals surface area contributed by atoms with E-state index < -0.39 is 0 Å². The molecule has 0 unspecified atom stereocenters. The van der Waals surface area contributed by atoms with Crippen molar-refractivity contribution in [3.63, 3.8) is 0 Å². The molecule has 1 amide bonds. The van der Waals surface area contributed by atoms with Gasteiger partial charge in [0.15, 0.2) is 0 Å². The average Bonchev–Trinajstić information content (AvgIpc) is 3.01. The van der Waals surface area contributed by atoms with Gasteiger partial charge in [-0.05, 0) is 30.7 Å². The second kappa shape index (κ2) is 7.92. The normalized spacial score (nSPS) is 11.2. The fourth-order valence-electron chi connectivity index (χ4n) is 3.40. The van der Waals surface area contributed by atoms with Crippen LogP contribution in [0.25, 0.3) is 10.9 Å². The van der Waals surface area contributed by atoms with Gasteiger partial charge in [-0.25, -0.2) is 5.43 Å². The molecule has 0 spiro atoms. The van der Waals surface area contributed by atoms with Gasteiger partial charge in [-0.3, -0.25) is 4.79 Å². The van der Waals surface area contributed by atoms with Crippen molar-refractivity contribution in [2.45, 2.75) is 13.5 Å². The monoisotopic (exact) mass is 367 g/mol. The molecule has 1 heterocycles. The topological polar surface area (TPSA) is 46.4 Å². The van der Waals surface area contributed by atoms with Crippen LogP contribution >= 0.6 is 0 Å². The number of nitrogens with zero attached hydrogens (tertiary/aromatic N) is 2. The molecule has 28 heavy (non-hydrogen) atoms. The van der Waals surface area contributed by atoms with Gasteiger partial charge in [0, 0.05) is 34.3 Å². The molecule has 0 radical (unpaired) electrons. The molecule has 0 aliphatic rings. The van der Waals surface area contributed by atoms with Crippen LogP contribution < -0.4 is 5.43 Å². The molecule has 0 aliphatic carbocycles. The lowest BCUT2D eigenvalue weighted by Gasteiger charge is -2.08. The van der Waals surface area contributed by atoms with E-state index in [-0.39, 0.29) is 5.91 Å². The second-order valence-corrected chi connectivity index (χ2v) is 6.65. The predicted molar refractivity (Wildman–Crippen MR) is 114 cm³/mol. The number of amides is 1. The van der Waals surface area contributed by atoms with Gasteiger partial charge in [0.2, 0.25) is 0 Å². The number of hydrogen-bond donors (Lipinski definition) is 1. The molecule has 0 aliphatic heterocycles. The first-order chi connectivity index (χ1) is 13.7. The molecular formula is C24H21N3O. The molecule has 0 bridgehead atoms. The number of carbonyl (C=O) groups excluding carboxylic acids is 1. The summed E-state index contributed by atoms with van der Waals surface area (Å²) in [6, 6.07) is 27.7. The van der Waals surface area contributed by atoms with Crippen molar-refractivity contribution >= 4 is 23.0 Å². The highest BCUT2D eigenvalue weighted by molar-refractivity contribution is 6.02. The summed E-state index contributed by atoms with van der Waals surface area (Å²) in [5.41, 5.74) is 7.73. The van der Waals surface area contributed by atoms with E-state index in [0.29, 0.717) is 5.56 Å². The Morgan fingerprint density at radius 1 is 0.929 bits per heavy atom. The lowest BCUT2D eigenvalue weighted by Crippen LogP contribution is -2.17. The van der Waals surface area contributed by atoms with E-state index in [4.69, 9.17) is 0 Å². The number of para-hydroxylation sites is 1. The summed E-state index contributed by atoms with van der Waals surface area (Å²) >= 11 is 0. The standard InChI is InChI=1S/C24H21N3O/c1-18-22(16-25-26-24(28)20-12-6-3-7-13-20)21-14-8-9-15-23(21)27(18)17-19-10-4-2-5-11-19/h2-16H,17H2,1H3,(H,26,28)/b25-16+.